The second-order valence-corrected chi connectivity index (χ2v) is 7.86. The summed E-state index contributed by atoms with van der Waals surface area (Å²) in [5, 5.41) is 1.19. The quantitative estimate of drug-likeness (QED) is 0.663. The van der Waals surface area contributed by atoms with Crippen molar-refractivity contribution in [1.82, 2.24) is 9.88 Å². The van der Waals surface area contributed by atoms with Gasteiger partial charge in [0.2, 0.25) is 0 Å². The summed E-state index contributed by atoms with van der Waals surface area (Å²) < 4.78 is 5.53. The van der Waals surface area contributed by atoms with E-state index in [9.17, 15) is 4.79 Å². The van der Waals surface area contributed by atoms with Crippen molar-refractivity contribution in [3.63, 3.8) is 0 Å². The van der Waals surface area contributed by atoms with E-state index in [2.05, 4.69) is 47.4 Å². The van der Waals surface area contributed by atoms with Crippen LogP contribution in [-0.4, -0.2) is 28.1 Å². The number of carbonyl (C=O) groups is 1. The fraction of sp³-hybridized carbons (Fsp3) is 0.318. The molecule has 1 aliphatic heterocycles. The lowest BCUT2D eigenvalue weighted by Gasteiger charge is -2.30. The van der Waals surface area contributed by atoms with Gasteiger partial charge >= 0.3 is 6.09 Å². The van der Waals surface area contributed by atoms with E-state index in [-0.39, 0.29) is 6.09 Å². The number of rotatable bonds is 1. The normalized spacial score (nSPS) is 14.3. The zero-order chi connectivity index (χ0) is 18.3. The topological polar surface area (TPSA) is 45.3 Å². The molecule has 0 saturated carbocycles. The lowest BCUT2D eigenvalue weighted by atomic mass is 10.0. The van der Waals surface area contributed by atoms with Crippen molar-refractivity contribution in [2.24, 2.45) is 0 Å². The van der Waals surface area contributed by atoms with Crippen LogP contribution in [0.5, 0.6) is 0 Å². The first-order valence-corrected chi connectivity index (χ1v) is 9.07. The van der Waals surface area contributed by atoms with Crippen LogP contribution in [0.1, 0.15) is 32.0 Å². The van der Waals surface area contributed by atoms with Gasteiger partial charge in [0.25, 0.3) is 0 Å². The molecule has 134 valence electrons. The average molecular weight is 348 g/mol. The number of aromatic nitrogens is 1. The number of amides is 1. The Kier molecular flexibility index (Phi) is 3.98. The minimum Gasteiger partial charge on any atom is -0.444 e. The van der Waals surface area contributed by atoms with Crippen molar-refractivity contribution in [3.8, 4) is 11.1 Å². The van der Waals surface area contributed by atoms with Crippen LogP contribution in [0.3, 0.4) is 0 Å². The summed E-state index contributed by atoms with van der Waals surface area (Å²) >= 11 is 0. The summed E-state index contributed by atoms with van der Waals surface area (Å²) in [5.74, 6) is 0. The molecule has 1 aromatic heterocycles. The number of benzene rings is 2. The predicted molar refractivity (Wildman–Crippen MR) is 104 cm³/mol. The largest absolute Gasteiger partial charge is 0.444 e. The van der Waals surface area contributed by atoms with Crippen LogP contribution in [0.25, 0.3) is 22.0 Å². The molecule has 0 bridgehead atoms. The van der Waals surface area contributed by atoms with E-state index in [1.807, 2.05) is 26.8 Å². The van der Waals surface area contributed by atoms with Gasteiger partial charge in [0, 0.05) is 35.1 Å². The van der Waals surface area contributed by atoms with Crippen molar-refractivity contribution in [2.75, 3.05) is 6.54 Å². The van der Waals surface area contributed by atoms with E-state index >= 15 is 0 Å². The molecule has 2 aromatic carbocycles. The number of hydrogen-bond acceptors (Lipinski definition) is 2. The van der Waals surface area contributed by atoms with Crippen LogP contribution < -0.4 is 0 Å². The van der Waals surface area contributed by atoms with Crippen molar-refractivity contribution < 1.29 is 9.53 Å². The summed E-state index contributed by atoms with van der Waals surface area (Å²) in [6.45, 7) is 6.97. The van der Waals surface area contributed by atoms with E-state index < -0.39 is 5.60 Å². The van der Waals surface area contributed by atoms with Crippen molar-refractivity contribution in [3.05, 3.63) is 59.8 Å². The maximum absolute atomic E-state index is 12.4. The first-order valence-electron chi connectivity index (χ1n) is 9.07. The van der Waals surface area contributed by atoms with Gasteiger partial charge in [0.15, 0.2) is 0 Å². The van der Waals surface area contributed by atoms with Gasteiger partial charge in [-0.15, -0.1) is 0 Å². The molecule has 4 heteroatoms. The van der Waals surface area contributed by atoms with Gasteiger partial charge in [-0.2, -0.15) is 0 Å². The van der Waals surface area contributed by atoms with Gasteiger partial charge in [-0.3, -0.25) is 0 Å². The van der Waals surface area contributed by atoms with Crippen LogP contribution >= 0.6 is 0 Å². The molecule has 0 atom stereocenters. The van der Waals surface area contributed by atoms with Gasteiger partial charge in [-0.25, -0.2) is 4.79 Å². The van der Waals surface area contributed by atoms with E-state index in [4.69, 9.17) is 4.74 Å². The van der Waals surface area contributed by atoms with E-state index in [1.54, 1.807) is 4.90 Å². The third kappa shape index (κ3) is 3.19. The maximum Gasteiger partial charge on any atom is 0.410 e. The minimum atomic E-state index is -0.470. The molecule has 4 rings (SSSR count). The second kappa shape index (κ2) is 6.20. The highest BCUT2D eigenvalue weighted by atomic mass is 16.6. The molecular formula is C22H24N2O2. The molecule has 1 amide bonds. The first kappa shape index (κ1) is 16.7. The Balaban J connectivity index is 1.64. The SMILES string of the molecule is CC(C)(C)OC(=O)N1CCc2[nH]c3cc(-c4ccccc4)ccc3c2C1. The third-order valence-electron chi connectivity index (χ3n) is 4.73. The average Bonchev–Trinajstić information content (AvgIpc) is 2.98. The molecule has 1 aliphatic rings. The number of ether oxygens (including phenoxy) is 1. The smallest absolute Gasteiger partial charge is 0.410 e. The summed E-state index contributed by atoms with van der Waals surface area (Å²) in [4.78, 5) is 17.8. The predicted octanol–water partition coefficient (Wildman–Crippen LogP) is 5.13. The van der Waals surface area contributed by atoms with Crippen LogP contribution in [0.2, 0.25) is 0 Å². The summed E-state index contributed by atoms with van der Waals surface area (Å²) in [5.41, 5.74) is 5.49. The molecule has 0 fully saturated rings. The third-order valence-corrected chi connectivity index (χ3v) is 4.73. The number of nitrogens with one attached hydrogen (secondary N) is 1. The first-order chi connectivity index (χ1) is 12.4. The van der Waals surface area contributed by atoms with Gasteiger partial charge in [0.05, 0.1) is 6.54 Å². The molecular weight excluding hydrogens is 324 g/mol. The second-order valence-electron chi connectivity index (χ2n) is 7.86. The van der Waals surface area contributed by atoms with Crippen molar-refractivity contribution in [1.29, 1.82) is 0 Å². The highest BCUT2D eigenvalue weighted by Crippen LogP contribution is 2.31. The highest BCUT2D eigenvalue weighted by molar-refractivity contribution is 5.89. The van der Waals surface area contributed by atoms with Gasteiger partial charge in [0.1, 0.15) is 5.60 Å². The van der Waals surface area contributed by atoms with Gasteiger partial charge < -0.3 is 14.6 Å². The van der Waals surface area contributed by atoms with Crippen LogP contribution in [0, 0.1) is 0 Å². The fourth-order valence-electron chi connectivity index (χ4n) is 3.51. The Morgan fingerprint density at radius 3 is 2.58 bits per heavy atom. The molecule has 0 saturated heterocycles. The number of carbonyl (C=O) groups excluding carboxylic acids is 1. The Morgan fingerprint density at radius 1 is 1.08 bits per heavy atom. The molecule has 0 radical (unpaired) electrons. The summed E-state index contributed by atoms with van der Waals surface area (Å²) in [6, 6.07) is 16.9. The zero-order valence-electron chi connectivity index (χ0n) is 15.5. The minimum absolute atomic E-state index is 0.238. The molecule has 0 spiro atoms. The standard InChI is InChI=1S/C22H24N2O2/c1-22(2,3)26-21(25)24-12-11-19-18(14-24)17-10-9-16(13-20(17)23-19)15-7-5-4-6-8-15/h4-10,13,23H,11-12,14H2,1-3H3. The molecule has 0 aliphatic carbocycles. The van der Waals surface area contributed by atoms with Crippen molar-refractivity contribution in [2.45, 2.75) is 39.3 Å². The van der Waals surface area contributed by atoms with E-state index in [1.165, 1.54) is 27.8 Å². The van der Waals surface area contributed by atoms with Gasteiger partial charge in [-0.05, 0) is 38.0 Å². The van der Waals surface area contributed by atoms with E-state index in [0.717, 1.165) is 11.9 Å². The Labute approximate surface area is 153 Å². The summed E-state index contributed by atoms with van der Waals surface area (Å²) in [7, 11) is 0. The highest BCUT2D eigenvalue weighted by Gasteiger charge is 2.27. The number of fused-ring (bicyclic) bond motifs is 3. The van der Waals surface area contributed by atoms with E-state index in [0.29, 0.717) is 13.1 Å². The molecule has 26 heavy (non-hydrogen) atoms. The van der Waals surface area contributed by atoms with Gasteiger partial charge in [-0.1, -0.05) is 42.5 Å². The molecule has 2 heterocycles. The lowest BCUT2D eigenvalue weighted by molar-refractivity contribution is 0.0224. The lowest BCUT2D eigenvalue weighted by Crippen LogP contribution is -2.39. The Morgan fingerprint density at radius 2 is 1.85 bits per heavy atom. The van der Waals surface area contributed by atoms with Crippen molar-refractivity contribution >= 4 is 17.0 Å². The zero-order valence-corrected chi connectivity index (χ0v) is 15.5. The number of H-pyrrole nitrogens is 1. The summed E-state index contributed by atoms with van der Waals surface area (Å²) in [6.07, 6.45) is 0.586. The van der Waals surface area contributed by atoms with Crippen LogP contribution in [0.4, 0.5) is 4.79 Å². The molecule has 0 unspecified atom stereocenters. The number of hydrogen-bond donors (Lipinski definition) is 1. The number of nitrogens with zero attached hydrogens (tertiary/aromatic N) is 1. The molecule has 3 aromatic rings. The Hall–Kier alpha value is -2.75. The monoisotopic (exact) mass is 348 g/mol. The fourth-order valence-corrected chi connectivity index (χ4v) is 3.51. The molecule has 4 nitrogen and oxygen atoms in total. The number of aromatic amines is 1. The molecule has 1 N–H and O–H groups in total. The van der Waals surface area contributed by atoms with Crippen LogP contribution in [-0.2, 0) is 17.7 Å². The Bertz CT molecular complexity index is 951. The maximum atomic E-state index is 12.4. The van der Waals surface area contributed by atoms with Crippen LogP contribution in [0.15, 0.2) is 48.5 Å².